The van der Waals surface area contributed by atoms with Crippen LogP contribution in [0.15, 0.2) is 18.2 Å². The van der Waals surface area contributed by atoms with E-state index >= 15 is 0 Å². The summed E-state index contributed by atoms with van der Waals surface area (Å²) in [5.41, 5.74) is 6.66. The minimum absolute atomic E-state index is 0.305. The predicted molar refractivity (Wildman–Crippen MR) is 71.4 cm³/mol. The Kier molecular flexibility index (Phi) is 2.72. The number of H-pyrrole nitrogens is 1. The summed E-state index contributed by atoms with van der Waals surface area (Å²) in [5, 5.41) is 7.14. The molecule has 8 heteroatoms. The van der Waals surface area contributed by atoms with Crippen molar-refractivity contribution in [3.63, 3.8) is 0 Å². The molecule has 0 aliphatic rings. The van der Waals surface area contributed by atoms with Crippen LogP contribution in [0.2, 0.25) is 0 Å². The molecule has 3 N–H and O–H groups in total. The van der Waals surface area contributed by atoms with Gasteiger partial charge in [0.15, 0.2) is 0 Å². The lowest BCUT2D eigenvalue weighted by Gasteiger charge is -2.04. The Bertz CT molecular complexity index is 768. The molecule has 4 nitrogen and oxygen atoms in total. The molecule has 0 aliphatic carbocycles. The van der Waals surface area contributed by atoms with Crippen LogP contribution >= 0.6 is 11.3 Å². The number of hydrogen-bond donors (Lipinski definition) is 2. The summed E-state index contributed by atoms with van der Waals surface area (Å²) in [6.07, 6.45) is -4.37. The minimum Gasteiger partial charge on any atom is -0.383 e. The van der Waals surface area contributed by atoms with E-state index in [0.717, 1.165) is 12.1 Å². The number of rotatable bonds is 1. The molecular formula is C12H9F3N4S. The molecule has 2 heterocycles. The van der Waals surface area contributed by atoms with Gasteiger partial charge in [0.25, 0.3) is 0 Å². The van der Waals surface area contributed by atoms with Gasteiger partial charge in [0.1, 0.15) is 10.8 Å². The molecule has 0 unspecified atom stereocenters. The molecule has 0 saturated carbocycles. The second-order valence-corrected chi connectivity index (χ2v) is 5.33. The van der Waals surface area contributed by atoms with Crippen LogP contribution in [0.3, 0.4) is 0 Å². The van der Waals surface area contributed by atoms with Crippen molar-refractivity contribution in [2.24, 2.45) is 0 Å². The number of nitrogens with zero attached hydrogens (tertiary/aromatic N) is 2. The number of benzene rings is 1. The third-order valence-corrected chi connectivity index (χ3v) is 3.96. The molecule has 20 heavy (non-hydrogen) atoms. The molecule has 0 spiro atoms. The first kappa shape index (κ1) is 12.9. The average molecular weight is 298 g/mol. The van der Waals surface area contributed by atoms with E-state index in [4.69, 9.17) is 5.73 Å². The fourth-order valence-electron chi connectivity index (χ4n) is 1.93. The third kappa shape index (κ3) is 2.01. The Labute approximate surface area is 115 Å². The molecular weight excluding hydrogens is 289 g/mol. The number of aryl methyl sites for hydroxylation is 1. The Morgan fingerprint density at radius 2 is 2.05 bits per heavy atom. The molecule has 104 valence electrons. The van der Waals surface area contributed by atoms with E-state index in [-0.39, 0.29) is 0 Å². The van der Waals surface area contributed by atoms with E-state index < -0.39 is 11.7 Å². The topological polar surface area (TPSA) is 67.6 Å². The highest BCUT2D eigenvalue weighted by Crippen LogP contribution is 2.37. The molecule has 3 aromatic rings. The van der Waals surface area contributed by atoms with Gasteiger partial charge in [-0.3, -0.25) is 5.10 Å². The van der Waals surface area contributed by atoms with E-state index in [1.807, 2.05) is 0 Å². The van der Waals surface area contributed by atoms with Gasteiger partial charge in [-0.2, -0.15) is 18.3 Å². The monoisotopic (exact) mass is 298 g/mol. The first-order valence-electron chi connectivity index (χ1n) is 5.65. The molecule has 3 rings (SSSR count). The SMILES string of the molecule is Cc1n[nH]c(N)c1-c1nc2cc(C(F)(F)F)ccc2s1. The number of nitrogen functional groups attached to an aromatic ring is 1. The number of thiazole rings is 1. The fourth-order valence-corrected chi connectivity index (χ4v) is 2.99. The van der Waals surface area contributed by atoms with Gasteiger partial charge in [-0.25, -0.2) is 4.98 Å². The summed E-state index contributed by atoms with van der Waals surface area (Å²) >= 11 is 1.28. The third-order valence-electron chi connectivity index (χ3n) is 2.90. The Balaban J connectivity index is 2.17. The van der Waals surface area contributed by atoms with Crippen molar-refractivity contribution >= 4 is 27.4 Å². The summed E-state index contributed by atoms with van der Waals surface area (Å²) < 4.78 is 38.7. The van der Waals surface area contributed by atoms with Crippen LogP contribution in [0.1, 0.15) is 11.3 Å². The lowest BCUT2D eigenvalue weighted by Crippen LogP contribution is -2.03. The van der Waals surface area contributed by atoms with Crippen LogP contribution in [-0.2, 0) is 6.18 Å². The van der Waals surface area contributed by atoms with Crippen LogP contribution in [-0.4, -0.2) is 15.2 Å². The van der Waals surface area contributed by atoms with Crippen molar-refractivity contribution in [1.82, 2.24) is 15.2 Å². The first-order chi connectivity index (χ1) is 9.36. The summed E-state index contributed by atoms with van der Waals surface area (Å²) in [5.74, 6) is 0.359. The fraction of sp³-hybridized carbons (Fsp3) is 0.167. The van der Waals surface area contributed by atoms with Crippen LogP contribution in [0, 0.1) is 6.92 Å². The summed E-state index contributed by atoms with van der Waals surface area (Å²) in [6, 6.07) is 3.52. The van der Waals surface area contributed by atoms with Gasteiger partial charge in [0.05, 0.1) is 27.0 Å². The second kappa shape index (κ2) is 4.20. The zero-order chi connectivity index (χ0) is 14.5. The van der Waals surface area contributed by atoms with E-state index in [1.165, 1.54) is 17.4 Å². The van der Waals surface area contributed by atoms with Gasteiger partial charge in [-0.15, -0.1) is 11.3 Å². The number of halogens is 3. The maximum absolute atomic E-state index is 12.7. The van der Waals surface area contributed by atoms with E-state index in [2.05, 4.69) is 15.2 Å². The van der Waals surface area contributed by atoms with E-state index in [9.17, 15) is 13.2 Å². The highest BCUT2D eigenvalue weighted by molar-refractivity contribution is 7.21. The zero-order valence-electron chi connectivity index (χ0n) is 10.2. The first-order valence-corrected chi connectivity index (χ1v) is 6.46. The normalized spacial score (nSPS) is 12.2. The number of alkyl halides is 3. The average Bonchev–Trinajstić information content (AvgIpc) is 2.90. The number of fused-ring (bicyclic) bond motifs is 1. The minimum atomic E-state index is -4.37. The zero-order valence-corrected chi connectivity index (χ0v) is 11.1. The van der Waals surface area contributed by atoms with Crippen molar-refractivity contribution in [2.45, 2.75) is 13.1 Å². The maximum Gasteiger partial charge on any atom is 0.416 e. The van der Waals surface area contributed by atoms with Gasteiger partial charge in [-0.05, 0) is 25.1 Å². The molecule has 1 aromatic carbocycles. The lowest BCUT2D eigenvalue weighted by molar-refractivity contribution is -0.137. The standard InChI is InChI=1S/C12H9F3N4S/c1-5-9(10(16)19-18-5)11-17-7-4-6(12(13,14)15)2-3-8(7)20-11/h2-4H,1H3,(H3,16,18,19). The van der Waals surface area contributed by atoms with Crippen molar-refractivity contribution in [2.75, 3.05) is 5.73 Å². The quantitative estimate of drug-likeness (QED) is 0.721. The summed E-state index contributed by atoms with van der Waals surface area (Å²) in [4.78, 5) is 4.23. The molecule has 0 radical (unpaired) electrons. The summed E-state index contributed by atoms with van der Waals surface area (Å²) in [7, 11) is 0. The largest absolute Gasteiger partial charge is 0.416 e. The van der Waals surface area contributed by atoms with Crippen molar-refractivity contribution in [3.05, 3.63) is 29.5 Å². The number of aromatic amines is 1. The molecule has 0 atom stereocenters. The lowest BCUT2D eigenvalue weighted by atomic mass is 10.2. The highest BCUT2D eigenvalue weighted by Gasteiger charge is 2.31. The number of nitrogens with one attached hydrogen (secondary N) is 1. The van der Waals surface area contributed by atoms with Gasteiger partial charge in [0.2, 0.25) is 0 Å². The Morgan fingerprint density at radius 3 is 2.65 bits per heavy atom. The highest BCUT2D eigenvalue weighted by atomic mass is 32.1. The predicted octanol–water partition coefficient (Wildman–Crippen LogP) is 3.60. The Hall–Kier alpha value is -2.09. The van der Waals surface area contributed by atoms with Crippen LogP contribution in [0.5, 0.6) is 0 Å². The van der Waals surface area contributed by atoms with Crippen LogP contribution in [0.25, 0.3) is 20.8 Å². The Morgan fingerprint density at radius 1 is 1.30 bits per heavy atom. The number of nitrogens with two attached hydrogens (primary N) is 1. The van der Waals surface area contributed by atoms with Crippen LogP contribution < -0.4 is 5.73 Å². The van der Waals surface area contributed by atoms with Crippen LogP contribution in [0.4, 0.5) is 19.0 Å². The van der Waals surface area contributed by atoms with E-state index in [0.29, 0.717) is 32.3 Å². The molecule has 0 fully saturated rings. The molecule has 0 aliphatic heterocycles. The van der Waals surface area contributed by atoms with E-state index in [1.54, 1.807) is 6.92 Å². The van der Waals surface area contributed by atoms with Crippen molar-refractivity contribution < 1.29 is 13.2 Å². The maximum atomic E-state index is 12.7. The van der Waals surface area contributed by atoms with Crippen molar-refractivity contribution in [3.8, 4) is 10.6 Å². The second-order valence-electron chi connectivity index (χ2n) is 4.30. The molecule has 0 saturated heterocycles. The molecule has 0 bridgehead atoms. The summed E-state index contributed by atoms with van der Waals surface area (Å²) in [6.45, 7) is 1.76. The molecule has 2 aromatic heterocycles. The van der Waals surface area contributed by atoms with Gasteiger partial charge in [-0.1, -0.05) is 0 Å². The molecule has 0 amide bonds. The smallest absolute Gasteiger partial charge is 0.383 e. The number of hydrogen-bond acceptors (Lipinski definition) is 4. The number of anilines is 1. The van der Waals surface area contributed by atoms with Gasteiger partial charge >= 0.3 is 6.18 Å². The van der Waals surface area contributed by atoms with Crippen molar-refractivity contribution in [1.29, 1.82) is 0 Å². The van der Waals surface area contributed by atoms with Gasteiger partial charge in [0, 0.05) is 0 Å². The van der Waals surface area contributed by atoms with Gasteiger partial charge < -0.3 is 5.73 Å². The number of aromatic nitrogens is 3.